The zero-order chi connectivity index (χ0) is 42.5. The van der Waals surface area contributed by atoms with E-state index in [1.54, 1.807) is 48.5 Å². The third kappa shape index (κ3) is 9.72. The Morgan fingerprint density at radius 1 is 0.852 bits per heavy atom. The molecule has 2 aliphatic heterocycles. The number of nitrogens with one attached hydrogen (secondary N) is 2. The van der Waals surface area contributed by atoms with Crippen molar-refractivity contribution in [2.75, 3.05) is 11.9 Å². The first kappa shape index (κ1) is 41.1. The van der Waals surface area contributed by atoms with Crippen molar-refractivity contribution >= 4 is 46.7 Å². The van der Waals surface area contributed by atoms with Crippen LogP contribution in [-0.4, -0.2) is 46.4 Å². The van der Waals surface area contributed by atoms with E-state index in [1.165, 1.54) is 0 Å². The zero-order valence-corrected chi connectivity index (χ0v) is 34.3. The molecule has 0 saturated carbocycles. The number of hydrogen-bond acceptors (Lipinski definition) is 7. The van der Waals surface area contributed by atoms with Gasteiger partial charge in [-0.15, -0.1) is 0 Å². The van der Waals surface area contributed by atoms with E-state index in [9.17, 15) is 19.5 Å². The second-order valence-corrected chi connectivity index (χ2v) is 15.9. The molecule has 0 fully saturated rings. The molecule has 0 spiro atoms. The molecule has 3 atom stereocenters. The molecule has 0 aromatic heterocycles. The van der Waals surface area contributed by atoms with Gasteiger partial charge in [-0.3, -0.25) is 14.5 Å². The molecular formula is C49H40Cl2N4O6. The van der Waals surface area contributed by atoms with Gasteiger partial charge in [-0.1, -0.05) is 108 Å². The first-order valence-electron chi connectivity index (χ1n) is 19.8. The Kier molecular flexibility index (Phi) is 12.3. The lowest BCUT2D eigenvalue weighted by Gasteiger charge is -2.37. The lowest BCUT2D eigenvalue weighted by molar-refractivity contribution is -0.142. The van der Waals surface area contributed by atoms with Crippen molar-refractivity contribution in [3.63, 3.8) is 0 Å². The van der Waals surface area contributed by atoms with Gasteiger partial charge >= 0.3 is 5.97 Å². The molecule has 0 saturated heterocycles. The highest BCUT2D eigenvalue weighted by molar-refractivity contribution is 6.42. The van der Waals surface area contributed by atoms with Crippen LogP contribution in [0.4, 0.5) is 5.69 Å². The van der Waals surface area contributed by atoms with Gasteiger partial charge < -0.3 is 25.2 Å². The number of rotatable bonds is 13. The molecule has 0 radical (unpaired) electrons. The number of carbonyl (C=O) groups is 3. The molecule has 3 N–H and O–H groups in total. The van der Waals surface area contributed by atoms with Gasteiger partial charge in [0, 0.05) is 25.1 Å². The monoisotopic (exact) mass is 850 g/mol. The van der Waals surface area contributed by atoms with Gasteiger partial charge in [0.2, 0.25) is 12.0 Å². The Balaban J connectivity index is 0.970. The van der Waals surface area contributed by atoms with E-state index in [4.69, 9.17) is 37.9 Å². The lowest BCUT2D eigenvalue weighted by Crippen LogP contribution is -2.54. The van der Waals surface area contributed by atoms with Crippen LogP contribution in [0, 0.1) is 11.3 Å². The number of ether oxygens (including phenoxy) is 2. The summed E-state index contributed by atoms with van der Waals surface area (Å²) in [5.74, 6) is -0.724. The summed E-state index contributed by atoms with van der Waals surface area (Å²) in [5.41, 5.74) is 8.14. The van der Waals surface area contributed by atoms with Gasteiger partial charge in [0.15, 0.2) is 0 Å². The molecular weight excluding hydrogens is 811 g/mol. The number of carbonyl (C=O) groups excluding carboxylic acids is 2. The molecule has 2 aliphatic rings. The first-order valence-corrected chi connectivity index (χ1v) is 20.6. The Morgan fingerprint density at radius 3 is 2.25 bits per heavy atom. The van der Waals surface area contributed by atoms with Crippen LogP contribution in [0.1, 0.15) is 45.0 Å². The Labute approximate surface area is 363 Å². The van der Waals surface area contributed by atoms with Crippen LogP contribution in [0.15, 0.2) is 133 Å². The van der Waals surface area contributed by atoms with Crippen molar-refractivity contribution < 1.29 is 29.0 Å². The average Bonchev–Trinajstić information content (AvgIpc) is 3.28. The maximum Gasteiger partial charge on any atom is 0.326 e. The fraction of sp³-hybridized carbons (Fsp3) is 0.184. The summed E-state index contributed by atoms with van der Waals surface area (Å²) in [6.45, 7) is 1.25. The maximum atomic E-state index is 14.2. The summed E-state index contributed by atoms with van der Waals surface area (Å²) < 4.78 is 12.3. The fourth-order valence-electron chi connectivity index (χ4n) is 7.68. The minimum absolute atomic E-state index is 0.0918. The number of nitriles is 1. The molecule has 2 heterocycles. The van der Waals surface area contributed by atoms with Crippen molar-refractivity contribution in [1.29, 1.82) is 5.26 Å². The Morgan fingerprint density at radius 2 is 1.56 bits per heavy atom. The predicted octanol–water partition coefficient (Wildman–Crippen LogP) is 8.96. The number of anilines is 1. The molecule has 6 aromatic rings. The largest absolute Gasteiger partial charge is 0.489 e. The first-order chi connectivity index (χ1) is 29.6. The van der Waals surface area contributed by atoms with Gasteiger partial charge in [-0.25, -0.2) is 4.79 Å². The lowest BCUT2D eigenvalue weighted by atomic mass is 9.91. The normalized spacial score (nSPS) is 16.2. The van der Waals surface area contributed by atoms with Gasteiger partial charge in [0.05, 0.1) is 33.4 Å². The number of carboxylic acid groups (broad SMARTS) is 1. The summed E-state index contributed by atoms with van der Waals surface area (Å²) in [4.78, 5) is 42.3. The van der Waals surface area contributed by atoms with Crippen LogP contribution in [-0.2, 0) is 46.8 Å². The quantitative estimate of drug-likeness (QED) is 0.105. The van der Waals surface area contributed by atoms with Gasteiger partial charge in [-0.05, 0) is 100 Å². The molecule has 10 nitrogen and oxygen atoms in total. The third-order valence-corrected chi connectivity index (χ3v) is 11.8. The summed E-state index contributed by atoms with van der Waals surface area (Å²) >= 11 is 12.2. The van der Waals surface area contributed by atoms with Crippen molar-refractivity contribution in [3.8, 4) is 28.7 Å². The van der Waals surface area contributed by atoms with Crippen molar-refractivity contribution in [2.24, 2.45) is 0 Å². The van der Waals surface area contributed by atoms with E-state index in [2.05, 4.69) is 21.6 Å². The highest BCUT2D eigenvalue weighted by Crippen LogP contribution is 2.40. The van der Waals surface area contributed by atoms with E-state index in [0.717, 1.165) is 38.9 Å². The van der Waals surface area contributed by atoms with Crippen molar-refractivity contribution in [1.82, 2.24) is 10.2 Å². The number of fused-ring (bicyclic) bond motifs is 2. The van der Waals surface area contributed by atoms with E-state index in [0.29, 0.717) is 64.3 Å². The number of benzene rings is 6. The van der Waals surface area contributed by atoms with Crippen LogP contribution in [0.5, 0.6) is 11.5 Å². The highest BCUT2D eigenvalue weighted by atomic mass is 35.5. The maximum absolute atomic E-state index is 14.2. The summed E-state index contributed by atoms with van der Waals surface area (Å²) in [6, 6.07) is 41.3. The van der Waals surface area contributed by atoms with Crippen molar-refractivity contribution in [2.45, 2.75) is 50.6 Å². The number of hydrogen-bond donors (Lipinski definition) is 3. The number of halogens is 2. The number of aliphatic carboxylic acids is 1. The Bertz CT molecular complexity index is 2620. The number of amides is 2. The molecule has 0 bridgehead atoms. The highest BCUT2D eigenvalue weighted by Gasteiger charge is 2.36. The van der Waals surface area contributed by atoms with Crippen LogP contribution >= 0.6 is 23.2 Å². The van der Waals surface area contributed by atoms with E-state index in [1.807, 2.05) is 84.9 Å². The van der Waals surface area contributed by atoms with Crippen LogP contribution in [0.25, 0.3) is 11.1 Å². The molecule has 0 aliphatic carbocycles. The average molecular weight is 852 g/mol. The molecule has 6 aromatic carbocycles. The molecule has 12 heteroatoms. The third-order valence-electron chi connectivity index (χ3n) is 11.0. The van der Waals surface area contributed by atoms with E-state index >= 15 is 0 Å². The molecule has 1 unspecified atom stereocenters. The summed E-state index contributed by atoms with van der Waals surface area (Å²) in [5, 5.41) is 26.2. The second-order valence-electron chi connectivity index (χ2n) is 15.1. The van der Waals surface area contributed by atoms with Crippen molar-refractivity contribution in [3.05, 3.63) is 182 Å². The standard InChI is InChI=1S/C49H40Cl2N4O6/c50-40-19-10-33(22-41(40)51)29-60-39-17-15-36(16-18-39)46-48(57)53-42-24-37-25-44(55(28-38(37)26-45(42)61-46)21-20-30-4-2-1-3-5-30)47(56)54-43(49(58)59)23-31-6-11-34(12-7-31)35-13-8-32(27-52)9-14-35/h1-19,22,24,26,43-44,46H,20-21,23,25,28-29H2,(H,53,57)(H,54,56)(H,58,59)/t43?,44-,46-/m0/s1. The SMILES string of the molecule is N#Cc1ccc(-c2ccc(CC(NC(=O)[C@@H]3Cc4cc5c(cc4CN3CCc3ccccc3)O[C@@H](c3ccc(OCc4ccc(Cl)c(Cl)c4)cc3)C(=O)N5)C(=O)O)cc2)cc1. The van der Waals surface area contributed by atoms with Gasteiger partial charge in [0.25, 0.3) is 5.91 Å². The number of carboxylic acids is 1. The predicted molar refractivity (Wildman–Crippen MR) is 234 cm³/mol. The topological polar surface area (TPSA) is 141 Å². The summed E-state index contributed by atoms with van der Waals surface area (Å²) in [6.07, 6.45) is 0.179. The molecule has 306 valence electrons. The van der Waals surface area contributed by atoms with Crippen LogP contribution in [0.2, 0.25) is 10.0 Å². The molecule has 2 amide bonds. The van der Waals surface area contributed by atoms with E-state index < -0.39 is 24.2 Å². The number of nitrogens with zero attached hydrogens (tertiary/aromatic N) is 2. The molecule has 61 heavy (non-hydrogen) atoms. The van der Waals surface area contributed by atoms with Gasteiger partial charge in [-0.2, -0.15) is 5.26 Å². The summed E-state index contributed by atoms with van der Waals surface area (Å²) in [7, 11) is 0. The second kappa shape index (κ2) is 18.3. The molecule has 8 rings (SSSR count). The van der Waals surface area contributed by atoms with Gasteiger partial charge in [0.1, 0.15) is 24.1 Å². The fourth-order valence-corrected chi connectivity index (χ4v) is 8.00. The minimum atomic E-state index is -1.16. The van der Waals surface area contributed by atoms with Crippen LogP contribution < -0.4 is 20.1 Å². The smallest absolute Gasteiger partial charge is 0.326 e. The zero-order valence-electron chi connectivity index (χ0n) is 32.8. The minimum Gasteiger partial charge on any atom is -0.489 e. The van der Waals surface area contributed by atoms with E-state index in [-0.39, 0.29) is 24.8 Å². The van der Waals surface area contributed by atoms with Crippen LogP contribution in [0.3, 0.4) is 0 Å². The Hall–Kier alpha value is -6.64.